The van der Waals surface area contributed by atoms with Gasteiger partial charge in [-0.25, -0.2) is 4.79 Å². The number of rotatable bonds is 4. The Balaban J connectivity index is 1.90. The van der Waals surface area contributed by atoms with Crippen molar-refractivity contribution in [2.24, 2.45) is 0 Å². The molecular weight excluding hydrogens is 370 g/mol. The van der Waals surface area contributed by atoms with Crippen LogP contribution < -0.4 is 10.9 Å². The van der Waals surface area contributed by atoms with Gasteiger partial charge in [0.2, 0.25) is 5.91 Å². The molecule has 0 radical (unpaired) electrons. The maximum absolute atomic E-state index is 12.4. The number of carbonyl (C=O) groups excluding carboxylic acids is 1. The molecule has 3 N–H and O–H groups in total. The van der Waals surface area contributed by atoms with Crippen LogP contribution in [0.4, 0.5) is 5.69 Å². The van der Waals surface area contributed by atoms with E-state index in [9.17, 15) is 19.8 Å². The highest BCUT2D eigenvalue weighted by Gasteiger charge is 2.17. The molecule has 6 nitrogen and oxygen atoms in total. The monoisotopic (exact) mass is 387 g/mol. The number of phenolic OH excluding ortho intramolecular Hbond substituents is 1. The Bertz CT molecular complexity index is 1090. The summed E-state index contributed by atoms with van der Waals surface area (Å²) in [4.78, 5) is 24.7. The minimum atomic E-state index is -0.655. The fourth-order valence-electron chi connectivity index (χ4n) is 2.84. The number of aliphatic hydroxyl groups excluding tert-OH is 1. The third kappa shape index (κ3) is 3.97. The Morgan fingerprint density at radius 3 is 2.74 bits per heavy atom. The van der Waals surface area contributed by atoms with Crippen molar-refractivity contribution in [2.75, 3.05) is 5.32 Å². The van der Waals surface area contributed by atoms with Gasteiger partial charge in [-0.05, 0) is 43.2 Å². The zero-order valence-corrected chi connectivity index (χ0v) is 15.5. The van der Waals surface area contributed by atoms with Crippen LogP contribution in [0.25, 0.3) is 11.0 Å². The number of fused-ring (bicyclic) bond motifs is 1. The summed E-state index contributed by atoms with van der Waals surface area (Å²) in [5.74, 6) is -0.576. The van der Waals surface area contributed by atoms with Gasteiger partial charge in [0.25, 0.3) is 0 Å². The number of phenols is 1. The first-order valence-corrected chi connectivity index (χ1v) is 8.66. The van der Waals surface area contributed by atoms with Gasteiger partial charge in [0.15, 0.2) is 0 Å². The second-order valence-corrected chi connectivity index (χ2v) is 6.73. The Morgan fingerprint density at radius 1 is 1.30 bits per heavy atom. The van der Waals surface area contributed by atoms with E-state index in [2.05, 4.69) is 5.32 Å². The smallest absolute Gasteiger partial charge is 0.340 e. The minimum Gasteiger partial charge on any atom is -0.506 e. The molecule has 7 heteroatoms. The molecule has 0 bridgehead atoms. The lowest BCUT2D eigenvalue weighted by molar-refractivity contribution is -0.115. The second-order valence-electron chi connectivity index (χ2n) is 6.32. The van der Waals surface area contributed by atoms with Gasteiger partial charge >= 0.3 is 5.63 Å². The SMILES string of the molecule is Cc1c(CC(=O)Nc2cccc(C(C)O)c2)c(=O)oc2cc(O)c(Cl)cc12. The van der Waals surface area contributed by atoms with Gasteiger partial charge < -0.3 is 19.9 Å². The van der Waals surface area contributed by atoms with Gasteiger partial charge in [0, 0.05) is 17.1 Å². The number of hydrogen-bond acceptors (Lipinski definition) is 5. The summed E-state index contributed by atoms with van der Waals surface area (Å²) in [6.45, 7) is 3.33. The van der Waals surface area contributed by atoms with Crippen LogP contribution in [0, 0.1) is 6.92 Å². The molecule has 1 amide bonds. The number of halogens is 1. The maximum atomic E-state index is 12.4. The molecular formula is C20H18ClNO5. The average Bonchev–Trinajstić information content (AvgIpc) is 2.61. The van der Waals surface area contributed by atoms with Crippen molar-refractivity contribution in [1.29, 1.82) is 0 Å². The molecule has 1 atom stereocenters. The van der Waals surface area contributed by atoms with E-state index >= 15 is 0 Å². The first kappa shape index (κ1) is 18.9. The van der Waals surface area contributed by atoms with Crippen LogP contribution in [-0.4, -0.2) is 16.1 Å². The predicted molar refractivity (Wildman–Crippen MR) is 103 cm³/mol. The van der Waals surface area contributed by atoms with Crippen molar-refractivity contribution < 1.29 is 19.4 Å². The summed E-state index contributed by atoms with van der Waals surface area (Å²) < 4.78 is 5.22. The molecule has 0 fully saturated rings. The van der Waals surface area contributed by atoms with E-state index in [1.54, 1.807) is 38.1 Å². The van der Waals surface area contributed by atoms with E-state index in [4.69, 9.17) is 16.0 Å². The lowest BCUT2D eigenvalue weighted by atomic mass is 10.0. The molecule has 0 spiro atoms. The number of amides is 1. The molecule has 140 valence electrons. The summed E-state index contributed by atoms with van der Waals surface area (Å²) in [5.41, 5.74) is 1.53. The highest BCUT2D eigenvalue weighted by atomic mass is 35.5. The summed E-state index contributed by atoms with van der Waals surface area (Å²) in [7, 11) is 0. The first-order chi connectivity index (χ1) is 12.8. The number of aryl methyl sites for hydroxylation is 1. The molecule has 0 saturated carbocycles. The largest absolute Gasteiger partial charge is 0.506 e. The maximum Gasteiger partial charge on any atom is 0.340 e. The fraction of sp³-hybridized carbons (Fsp3) is 0.200. The van der Waals surface area contributed by atoms with Crippen LogP contribution in [0.2, 0.25) is 5.02 Å². The molecule has 2 aromatic carbocycles. The number of carbonyl (C=O) groups is 1. The first-order valence-electron chi connectivity index (χ1n) is 8.29. The van der Waals surface area contributed by atoms with Crippen molar-refractivity contribution >= 4 is 34.2 Å². The number of hydrogen-bond donors (Lipinski definition) is 3. The number of benzene rings is 2. The Morgan fingerprint density at radius 2 is 2.04 bits per heavy atom. The van der Waals surface area contributed by atoms with E-state index < -0.39 is 17.6 Å². The van der Waals surface area contributed by atoms with Gasteiger partial charge in [-0.2, -0.15) is 0 Å². The zero-order valence-electron chi connectivity index (χ0n) is 14.7. The topological polar surface area (TPSA) is 99.8 Å². The van der Waals surface area contributed by atoms with Crippen molar-refractivity contribution in [2.45, 2.75) is 26.4 Å². The standard InChI is InChI=1S/C20H18ClNO5/c1-10-14-7-16(21)17(24)9-18(14)27-20(26)15(10)8-19(25)22-13-5-3-4-12(6-13)11(2)23/h3-7,9,11,23-24H,8H2,1-2H3,(H,22,25). The highest BCUT2D eigenvalue weighted by molar-refractivity contribution is 6.32. The summed E-state index contributed by atoms with van der Waals surface area (Å²) in [6.07, 6.45) is -0.834. The van der Waals surface area contributed by atoms with E-state index in [1.807, 2.05) is 0 Å². The van der Waals surface area contributed by atoms with Crippen LogP contribution in [0.5, 0.6) is 5.75 Å². The quantitative estimate of drug-likeness (QED) is 0.593. The van der Waals surface area contributed by atoms with E-state index in [0.717, 1.165) is 0 Å². The molecule has 0 aliphatic rings. The normalized spacial score (nSPS) is 12.1. The molecule has 27 heavy (non-hydrogen) atoms. The number of nitrogens with one attached hydrogen (secondary N) is 1. The van der Waals surface area contributed by atoms with Crippen LogP contribution >= 0.6 is 11.6 Å². The van der Waals surface area contributed by atoms with Gasteiger partial charge in [0.1, 0.15) is 11.3 Å². The third-order valence-electron chi connectivity index (χ3n) is 4.34. The molecule has 1 unspecified atom stereocenters. The van der Waals surface area contributed by atoms with Gasteiger partial charge in [-0.15, -0.1) is 0 Å². The van der Waals surface area contributed by atoms with Gasteiger partial charge in [-0.3, -0.25) is 4.79 Å². The van der Waals surface area contributed by atoms with Crippen molar-refractivity contribution in [3.63, 3.8) is 0 Å². The van der Waals surface area contributed by atoms with Crippen molar-refractivity contribution in [3.05, 3.63) is 68.5 Å². The number of aromatic hydroxyl groups is 1. The number of aliphatic hydroxyl groups is 1. The van der Waals surface area contributed by atoms with Crippen molar-refractivity contribution in [1.82, 2.24) is 0 Å². The molecule has 0 saturated heterocycles. The lowest BCUT2D eigenvalue weighted by Crippen LogP contribution is -2.20. The van der Waals surface area contributed by atoms with Crippen LogP contribution in [0.1, 0.15) is 29.7 Å². The molecule has 1 aromatic heterocycles. The van der Waals surface area contributed by atoms with Crippen molar-refractivity contribution in [3.8, 4) is 5.75 Å². The van der Waals surface area contributed by atoms with Crippen LogP contribution in [0.3, 0.4) is 0 Å². The Kier molecular flexibility index (Phi) is 5.21. The zero-order chi connectivity index (χ0) is 19.7. The van der Waals surface area contributed by atoms with E-state index in [-0.39, 0.29) is 28.3 Å². The van der Waals surface area contributed by atoms with E-state index in [1.165, 1.54) is 12.1 Å². The second kappa shape index (κ2) is 7.42. The Labute approximate surface area is 160 Å². The van der Waals surface area contributed by atoms with Gasteiger partial charge in [0.05, 0.1) is 23.1 Å². The summed E-state index contributed by atoms with van der Waals surface area (Å²) >= 11 is 5.94. The number of anilines is 1. The molecule has 3 aromatic rings. The molecule has 0 aliphatic heterocycles. The van der Waals surface area contributed by atoms with Gasteiger partial charge in [-0.1, -0.05) is 23.7 Å². The van der Waals surface area contributed by atoms with Crippen LogP contribution in [-0.2, 0) is 11.2 Å². The van der Waals surface area contributed by atoms with Crippen LogP contribution in [0.15, 0.2) is 45.6 Å². The molecule has 3 rings (SSSR count). The molecule has 0 aliphatic carbocycles. The predicted octanol–water partition coefficient (Wildman–Crippen LogP) is 3.69. The summed E-state index contributed by atoms with van der Waals surface area (Å²) in [5, 5.41) is 22.7. The fourth-order valence-corrected chi connectivity index (χ4v) is 3.01. The Hall–Kier alpha value is -2.83. The minimum absolute atomic E-state index is 0.129. The van der Waals surface area contributed by atoms with E-state index in [0.29, 0.717) is 22.2 Å². The summed E-state index contributed by atoms with van der Waals surface area (Å²) in [6, 6.07) is 9.61. The average molecular weight is 388 g/mol. The highest BCUT2D eigenvalue weighted by Crippen LogP contribution is 2.30. The lowest BCUT2D eigenvalue weighted by Gasteiger charge is -2.11. The third-order valence-corrected chi connectivity index (χ3v) is 4.65. The molecule has 1 heterocycles.